The lowest BCUT2D eigenvalue weighted by Gasteiger charge is -2.05. The number of benzene rings is 1. The van der Waals surface area contributed by atoms with Gasteiger partial charge in [0.25, 0.3) is 0 Å². The summed E-state index contributed by atoms with van der Waals surface area (Å²) in [7, 11) is 1.83. The van der Waals surface area contributed by atoms with E-state index in [1.54, 1.807) is 16.9 Å². The van der Waals surface area contributed by atoms with E-state index < -0.39 is 0 Å². The molecule has 140 valence electrons. The molecule has 0 fully saturated rings. The molecule has 5 heteroatoms. The summed E-state index contributed by atoms with van der Waals surface area (Å²) in [6.45, 7) is 6.77. The summed E-state index contributed by atoms with van der Waals surface area (Å²) < 4.78 is 16.5. The Morgan fingerprint density at radius 1 is 1.19 bits per heavy atom. The Bertz CT molecular complexity index is 922. The fourth-order valence-electron chi connectivity index (χ4n) is 2.82. The van der Waals surface area contributed by atoms with E-state index in [4.69, 9.17) is 0 Å². The maximum absolute atomic E-state index is 14.7. The first kappa shape index (κ1) is 18.8. The molecule has 4 nitrogen and oxygen atoms in total. The minimum Gasteiger partial charge on any atom is -0.373 e. The smallest absolute Gasteiger partial charge is 0.151 e. The zero-order chi connectivity index (χ0) is 19.4. The number of anilines is 1. The second kappa shape index (κ2) is 8.16. The summed E-state index contributed by atoms with van der Waals surface area (Å²) in [5.41, 5.74) is 4.34. The minimum absolute atomic E-state index is 0.335. The van der Waals surface area contributed by atoms with Crippen LogP contribution in [0.1, 0.15) is 47.8 Å². The van der Waals surface area contributed by atoms with Crippen molar-refractivity contribution in [1.29, 1.82) is 0 Å². The summed E-state index contributed by atoms with van der Waals surface area (Å²) in [6.07, 6.45) is 3.33. The molecule has 27 heavy (non-hydrogen) atoms. The van der Waals surface area contributed by atoms with Crippen LogP contribution in [0, 0.1) is 6.92 Å². The first-order valence-corrected chi connectivity index (χ1v) is 9.11. The lowest BCUT2D eigenvalue weighted by atomic mass is 10.0. The van der Waals surface area contributed by atoms with Gasteiger partial charge in [0.15, 0.2) is 5.83 Å². The van der Waals surface area contributed by atoms with Gasteiger partial charge in [0.2, 0.25) is 0 Å². The van der Waals surface area contributed by atoms with Gasteiger partial charge in [-0.3, -0.25) is 4.68 Å². The number of nitrogens with one attached hydrogen (secondary N) is 1. The molecule has 3 aromatic rings. The average molecular weight is 364 g/mol. The molecule has 1 N–H and O–H groups in total. The highest BCUT2D eigenvalue weighted by atomic mass is 19.1. The molecule has 0 bridgehead atoms. The van der Waals surface area contributed by atoms with Crippen LogP contribution in [-0.4, -0.2) is 21.8 Å². The third-order valence-electron chi connectivity index (χ3n) is 4.54. The lowest BCUT2D eigenvalue weighted by molar-refractivity contribution is 0.653. The highest BCUT2D eigenvalue weighted by Crippen LogP contribution is 2.22. The summed E-state index contributed by atoms with van der Waals surface area (Å²) in [5.74, 6) is 0.940. The summed E-state index contributed by atoms with van der Waals surface area (Å²) >= 11 is 0. The van der Waals surface area contributed by atoms with E-state index in [1.165, 1.54) is 11.6 Å². The predicted molar refractivity (Wildman–Crippen MR) is 109 cm³/mol. The van der Waals surface area contributed by atoms with Gasteiger partial charge in [-0.25, -0.2) is 9.37 Å². The number of pyridine rings is 1. The molecule has 0 atom stereocenters. The van der Waals surface area contributed by atoms with Gasteiger partial charge >= 0.3 is 0 Å². The molecule has 0 aliphatic carbocycles. The van der Waals surface area contributed by atoms with E-state index in [1.807, 2.05) is 50.4 Å². The van der Waals surface area contributed by atoms with Crippen LogP contribution in [0.15, 0.2) is 48.7 Å². The number of hydrogen-bond acceptors (Lipinski definition) is 3. The number of rotatable bonds is 6. The first-order valence-electron chi connectivity index (χ1n) is 9.11. The number of nitrogens with zero attached hydrogens (tertiary/aromatic N) is 3. The molecule has 0 spiro atoms. The molecule has 2 heterocycles. The normalized spacial score (nSPS) is 11.9. The number of aromatic nitrogens is 3. The van der Waals surface area contributed by atoms with Crippen LogP contribution in [0.5, 0.6) is 0 Å². The van der Waals surface area contributed by atoms with Crippen molar-refractivity contribution in [2.24, 2.45) is 0 Å². The Morgan fingerprint density at radius 3 is 2.52 bits per heavy atom. The largest absolute Gasteiger partial charge is 0.373 e. The van der Waals surface area contributed by atoms with Crippen molar-refractivity contribution in [1.82, 2.24) is 14.8 Å². The van der Waals surface area contributed by atoms with Crippen molar-refractivity contribution >= 4 is 17.7 Å². The monoisotopic (exact) mass is 364 g/mol. The van der Waals surface area contributed by atoms with E-state index in [2.05, 4.69) is 29.2 Å². The molecule has 0 amide bonds. The molecule has 0 saturated carbocycles. The van der Waals surface area contributed by atoms with Crippen molar-refractivity contribution in [3.63, 3.8) is 0 Å². The van der Waals surface area contributed by atoms with Crippen molar-refractivity contribution in [3.05, 3.63) is 76.7 Å². The molecule has 1 aromatic carbocycles. The molecular weight excluding hydrogens is 339 g/mol. The summed E-state index contributed by atoms with van der Waals surface area (Å²) in [5, 5.41) is 7.41. The molecule has 2 aromatic heterocycles. The van der Waals surface area contributed by atoms with Crippen molar-refractivity contribution in [3.8, 4) is 0 Å². The maximum atomic E-state index is 14.7. The van der Waals surface area contributed by atoms with Gasteiger partial charge in [-0.15, -0.1) is 0 Å². The Labute approximate surface area is 159 Å². The second-order valence-corrected chi connectivity index (χ2v) is 6.94. The Hall–Kier alpha value is -2.95. The Morgan fingerprint density at radius 2 is 1.93 bits per heavy atom. The van der Waals surface area contributed by atoms with Crippen LogP contribution in [-0.2, 0) is 6.54 Å². The maximum Gasteiger partial charge on any atom is 0.151 e. The highest BCUT2D eigenvalue weighted by Gasteiger charge is 2.10. The summed E-state index contributed by atoms with van der Waals surface area (Å²) in [6, 6.07) is 13.6. The Balaban J connectivity index is 1.77. The fourth-order valence-corrected chi connectivity index (χ4v) is 2.82. The molecule has 3 rings (SSSR count). The molecule has 0 radical (unpaired) electrons. The minimum atomic E-state index is -0.335. The number of hydrogen-bond donors (Lipinski definition) is 1. The molecule has 0 aliphatic heterocycles. The molecular formula is C22H25FN4. The Kier molecular flexibility index (Phi) is 5.69. The van der Waals surface area contributed by atoms with E-state index in [-0.39, 0.29) is 5.83 Å². The van der Waals surface area contributed by atoms with Gasteiger partial charge in [0.05, 0.1) is 6.54 Å². The lowest BCUT2D eigenvalue weighted by Crippen LogP contribution is -2.04. The van der Waals surface area contributed by atoms with Crippen molar-refractivity contribution in [2.45, 2.75) is 33.2 Å². The van der Waals surface area contributed by atoms with E-state index in [0.717, 1.165) is 22.6 Å². The second-order valence-electron chi connectivity index (χ2n) is 6.94. The fraction of sp³-hybridized carbons (Fsp3) is 0.273. The topological polar surface area (TPSA) is 42.7 Å². The van der Waals surface area contributed by atoms with Gasteiger partial charge in [0.1, 0.15) is 11.5 Å². The van der Waals surface area contributed by atoms with Crippen LogP contribution in [0.4, 0.5) is 10.2 Å². The standard InChI is InChI=1S/C22H25FN4/c1-15(2)19-8-5-17(6-9-19)12-20(23)21-11-16(3)27(26-21)14-18-7-10-22(24-4)25-13-18/h5-13,15H,14H2,1-4H3,(H,24,25). The van der Waals surface area contributed by atoms with Crippen LogP contribution < -0.4 is 5.32 Å². The van der Waals surface area contributed by atoms with Crippen LogP contribution >= 0.6 is 0 Å². The number of aryl methyl sites for hydroxylation is 1. The molecule has 0 saturated heterocycles. The van der Waals surface area contributed by atoms with Gasteiger partial charge in [-0.2, -0.15) is 5.10 Å². The van der Waals surface area contributed by atoms with Crippen molar-refractivity contribution < 1.29 is 4.39 Å². The zero-order valence-electron chi connectivity index (χ0n) is 16.2. The van der Waals surface area contributed by atoms with Crippen LogP contribution in [0.25, 0.3) is 11.9 Å². The third-order valence-corrected chi connectivity index (χ3v) is 4.54. The van der Waals surface area contributed by atoms with Crippen LogP contribution in [0.2, 0.25) is 0 Å². The molecule has 0 aliphatic rings. The quantitative estimate of drug-likeness (QED) is 0.648. The van der Waals surface area contributed by atoms with Gasteiger partial charge < -0.3 is 5.32 Å². The van der Waals surface area contributed by atoms with Gasteiger partial charge in [-0.1, -0.05) is 44.2 Å². The first-order chi connectivity index (χ1) is 13.0. The summed E-state index contributed by atoms with van der Waals surface area (Å²) in [4.78, 5) is 4.30. The zero-order valence-corrected chi connectivity index (χ0v) is 16.2. The van der Waals surface area contributed by atoms with Gasteiger partial charge in [-0.05, 0) is 47.7 Å². The number of halogens is 1. The van der Waals surface area contributed by atoms with Gasteiger partial charge in [0, 0.05) is 18.9 Å². The highest BCUT2D eigenvalue weighted by molar-refractivity contribution is 5.75. The predicted octanol–water partition coefficient (Wildman–Crippen LogP) is 5.27. The SMILES string of the molecule is CNc1ccc(Cn2nc(C(F)=Cc3ccc(C(C)C)cc3)cc2C)cn1. The van der Waals surface area contributed by atoms with Crippen molar-refractivity contribution in [2.75, 3.05) is 12.4 Å². The molecule has 0 unspecified atom stereocenters. The van der Waals surface area contributed by atoms with E-state index >= 15 is 0 Å². The third kappa shape index (κ3) is 4.61. The van der Waals surface area contributed by atoms with Crippen LogP contribution in [0.3, 0.4) is 0 Å². The average Bonchev–Trinajstić information content (AvgIpc) is 3.03. The van der Waals surface area contributed by atoms with E-state index in [0.29, 0.717) is 18.2 Å². The van der Waals surface area contributed by atoms with E-state index in [9.17, 15) is 4.39 Å².